The molecule has 0 saturated heterocycles. The first-order valence-electron chi connectivity index (χ1n) is 5.44. The zero-order chi connectivity index (χ0) is 11.4. The van der Waals surface area contributed by atoms with Gasteiger partial charge in [0.2, 0.25) is 0 Å². The molecule has 1 rings (SSSR count). The summed E-state index contributed by atoms with van der Waals surface area (Å²) >= 11 is 6.12. The van der Waals surface area contributed by atoms with Crippen molar-refractivity contribution in [3.8, 4) is 0 Å². The van der Waals surface area contributed by atoms with Gasteiger partial charge in [-0.3, -0.25) is 4.68 Å². The third kappa shape index (κ3) is 2.95. The molecule has 2 atom stereocenters. The Kier molecular flexibility index (Phi) is 4.61. The van der Waals surface area contributed by atoms with E-state index in [0.717, 1.165) is 17.1 Å². The van der Waals surface area contributed by atoms with Gasteiger partial charge < -0.3 is 5.32 Å². The van der Waals surface area contributed by atoms with Gasteiger partial charge in [0, 0.05) is 7.05 Å². The summed E-state index contributed by atoms with van der Waals surface area (Å²) in [4.78, 5) is 0. The molecule has 0 aliphatic carbocycles. The van der Waals surface area contributed by atoms with Crippen LogP contribution >= 0.6 is 11.6 Å². The maximum Gasteiger partial charge on any atom is 0.0833 e. The highest BCUT2D eigenvalue weighted by Gasteiger charge is 2.19. The van der Waals surface area contributed by atoms with E-state index in [1.165, 1.54) is 6.42 Å². The van der Waals surface area contributed by atoms with Gasteiger partial charge in [-0.2, -0.15) is 5.10 Å². The van der Waals surface area contributed by atoms with Crippen LogP contribution < -0.4 is 5.32 Å². The van der Waals surface area contributed by atoms with Crippen molar-refractivity contribution in [2.24, 2.45) is 13.0 Å². The summed E-state index contributed by atoms with van der Waals surface area (Å²) in [7, 11) is 3.90. The summed E-state index contributed by atoms with van der Waals surface area (Å²) in [6.07, 6.45) is 3.98. The van der Waals surface area contributed by atoms with E-state index < -0.39 is 0 Å². The summed E-state index contributed by atoms with van der Waals surface area (Å²) in [5.41, 5.74) is 1.08. The van der Waals surface area contributed by atoms with Crippen molar-refractivity contribution < 1.29 is 0 Å². The van der Waals surface area contributed by atoms with Crippen LogP contribution in [0, 0.1) is 5.92 Å². The third-order valence-electron chi connectivity index (χ3n) is 2.95. The van der Waals surface area contributed by atoms with Crippen molar-refractivity contribution in [2.45, 2.75) is 32.7 Å². The Morgan fingerprint density at radius 2 is 2.27 bits per heavy atom. The van der Waals surface area contributed by atoms with Crippen LogP contribution in [0.2, 0.25) is 5.02 Å². The second kappa shape index (κ2) is 5.52. The Morgan fingerprint density at radius 1 is 1.60 bits per heavy atom. The SMILES string of the molecule is CCC(C)CC(NC)c1c(Cl)cnn1C. The highest BCUT2D eigenvalue weighted by atomic mass is 35.5. The molecule has 0 saturated carbocycles. The van der Waals surface area contributed by atoms with E-state index in [1.54, 1.807) is 6.20 Å². The van der Waals surface area contributed by atoms with E-state index in [9.17, 15) is 0 Å². The van der Waals surface area contributed by atoms with Crippen molar-refractivity contribution in [3.05, 3.63) is 16.9 Å². The highest BCUT2D eigenvalue weighted by molar-refractivity contribution is 6.31. The largest absolute Gasteiger partial charge is 0.312 e. The zero-order valence-corrected chi connectivity index (χ0v) is 10.7. The van der Waals surface area contributed by atoms with Gasteiger partial charge in [-0.1, -0.05) is 31.9 Å². The Bertz CT molecular complexity index is 289. The molecule has 4 heteroatoms. The summed E-state index contributed by atoms with van der Waals surface area (Å²) in [6.45, 7) is 4.47. The average Bonchev–Trinajstić information content (AvgIpc) is 2.55. The number of aryl methyl sites for hydroxylation is 1. The highest BCUT2D eigenvalue weighted by Crippen LogP contribution is 2.27. The maximum atomic E-state index is 6.12. The molecule has 0 aliphatic heterocycles. The van der Waals surface area contributed by atoms with Gasteiger partial charge in [-0.05, 0) is 19.4 Å². The lowest BCUT2D eigenvalue weighted by atomic mass is 9.97. The fourth-order valence-electron chi connectivity index (χ4n) is 1.75. The van der Waals surface area contributed by atoms with E-state index in [1.807, 2.05) is 18.8 Å². The van der Waals surface area contributed by atoms with Gasteiger partial charge in [-0.25, -0.2) is 0 Å². The molecular formula is C11H20ClN3. The van der Waals surface area contributed by atoms with E-state index in [2.05, 4.69) is 24.3 Å². The number of hydrogen-bond acceptors (Lipinski definition) is 2. The lowest BCUT2D eigenvalue weighted by molar-refractivity contribution is 0.405. The fraction of sp³-hybridized carbons (Fsp3) is 0.727. The Balaban J connectivity index is 2.82. The Hall–Kier alpha value is -0.540. The molecule has 1 aromatic heterocycles. The minimum atomic E-state index is 0.292. The summed E-state index contributed by atoms with van der Waals surface area (Å²) in [5, 5.41) is 8.22. The topological polar surface area (TPSA) is 29.9 Å². The minimum Gasteiger partial charge on any atom is -0.312 e. The van der Waals surface area contributed by atoms with E-state index in [4.69, 9.17) is 11.6 Å². The first-order valence-corrected chi connectivity index (χ1v) is 5.82. The fourth-order valence-corrected chi connectivity index (χ4v) is 2.05. The predicted molar refractivity (Wildman–Crippen MR) is 64.1 cm³/mol. The van der Waals surface area contributed by atoms with Gasteiger partial charge in [0.25, 0.3) is 0 Å². The molecule has 0 amide bonds. The molecule has 0 aromatic carbocycles. The lowest BCUT2D eigenvalue weighted by Crippen LogP contribution is -2.22. The normalized spacial score (nSPS) is 15.3. The minimum absolute atomic E-state index is 0.292. The molecule has 1 heterocycles. The first kappa shape index (κ1) is 12.5. The van der Waals surface area contributed by atoms with E-state index in [-0.39, 0.29) is 0 Å². The van der Waals surface area contributed by atoms with Crippen LogP contribution in [-0.4, -0.2) is 16.8 Å². The molecular weight excluding hydrogens is 210 g/mol. The number of nitrogens with zero attached hydrogens (tertiary/aromatic N) is 2. The molecule has 3 nitrogen and oxygen atoms in total. The molecule has 15 heavy (non-hydrogen) atoms. The van der Waals surface area contributed by atoms with Gasteiger partial charge in [0.1, 0.15) is 0 Å². The Morgan fingerprint density at radius 3 is 2.67 bits per heavy atom. The second-order valence-corrected chi connectivity index (χ2v) is 4.50. The standard InChI is InChI=1S/C11H20ClN3/c1-5-8(2)6-10(13-3)11-9(12)7-14-15(11)4/h7-8,10,13H,5-6H2,1-4H3. The first-order chi connectivity index (χ1) is 7.10. The summed E-state index contributed by atoms with van der Waals surface area (Å²) in [5.74, 6) is 0.688. The number of nitrogens with one attached hydrogen (secondary N) is 1. The summed E-state index contributed by atoms with van der Waals surface area (Å²) < 4.78 is 1.85. The lowest BCUT2D eigenvalue weighted by Gasteiger charge is -2.20. The Labute approximate surface area is 96.8 Å². The van der Waals surface area contributed by atoms with Crippen molar-refractivity contribution in [1.82, 2.24) is 15.1 Å². The second-order valence-electron chi connectivity index (χ2n) is 4.09. The van der Waals surface area contributed by atoms with Crippen molar-refractivity contribution in [1.29, 1.82) is 0 Å². The quantitative estimate of drug-likeness (QED) is 0.842. The smallest absolute Gasteiger partial charge is 0.0833 e. The van der Waals surface area contributed by atoms with Gasteiger partial charge >= 0.3 is 0 Å². The van der Waals surface area contributed by atoms with Crippen LogP contribution in [0.3, 0.4) is 0 Å². The summed E-state index contributed by atoms with van der Waals surface area (Å²) in [6, 6.07) is 0.292. The van der Waals surface area contributed by atoms with Crippen LogP contribution in [0.15, 0.2) is 6.20 Å². The number of aromatic nitrogens is 2. The average molecular weight is 230 g/mol. The monoisotopic (exact) mass is 229 g/mol. The zero-order valence-electron chi connectivity index (χ0n) is 9.92. The molecule has 0 bridgehead atoms. The molecule has 0 aliphatic rings. The number of rotatable bonds is 5. The van der Waals surface area contributed by atoms with Crippen molar-refractivity contribution >= 4 is 11.6 Å². The third-order valence-corrected chi connectivity index (χ3v) is 3.24. The molecule has 0 fully saturated rings. The van der Waals surface area contributed by atoms with Gasteiger partial charge in [0.05, 0.1) is 23.0 Å². The van der Waals surface area contributed by atoms with Gasteiger partial charge in [0.15, 0.2) is 0 Å². The number of halogens is 1. The van der Waals surface area contributed by atoms with Crippen molar-refractivity contribution in [2.75, 3.05) is 7.05 Å². The van der Waals surface area contributed by atoms with Crippen LogP contribution in [-0.2, 0) is 7.05 Å². The van der Waals surface area contributed by atoms with E-state index >= 15 is 0 Å². The van der Waals surface area contributed by atoms with Crippen LogP contribution in [0.1, 0.15) is 38.4 Å². The van der Waals surface area contributed by atoms with Crippen LogP contribution in [0.4, 0.5) is 0 Å². The molecule has 1 N–H and O–H groups in total. The van der Waals surface area contributed by atoms with E-state index in [0.29, 0.717) is 12.0 Å². The molecule has 2 unspecified atom stereocenters. The van der Waals surface area contributed by atoms with Gasteiger partial charge in [-0.15, -0.1) is 0 Å². The number of hydrogen-bond donors (Lipinski definition) is 1. The van der Waals surface area contributed by atoms with Crippen molar-refractivity contribution in [3.63, 3.8) is 0 Å². The van der Waals surface area contributed by atoms with Crippen LogP contribution in [0.5, 0.6) is 0 Å². The molecule has 0 radical (unpaired) electrons. The van der Waals surface area contributed by atoms with Crippen LogP contribution in [0.25, 0.3) is 0 Å². The predicted octanol–water partition coefficient (Wildman–Crippen LogP) is 2.77. The molecule has 86 valence electrons. The molecule has 1 aromatic rings. The molecule has 0 spiro atoms. The maximum absolute atomic E-state index is 6.12.